The lowest BCUT2D eigenvalue weighted by atomic mass is 9.99. The molecule has 0 unspecified atom stereocenters. The van der Waals surface area contributed by atoms with Gasteiger partial charge in [-0.25, -0.2) is 4.79 Å². The average Bonchev–Trinajstić information content (AvgIpc) is 3.43. The molecular formula is C36H28N2O3. The number of benzene rings is 5. The number of aromatic carboxylic acids is 1. The van der Waals surface area contributed by atoms with Gasteiger partial charge in [0.05, 0.1) is 16.6 Å². The second kappa shape index (κ2) is 11.4. The molecule has 41 heavy (non-hydrogen) atoms. The zero-order valence-electron chi connectivity index (χ0n) is 22.3. The minimum absolute atomic E-state index is 0.186. The summed E-state index contributed by atoms with van der Waals surface area (Å²) in [5.74, 6) is -1.16. The number of hydrogen-bond acceptors (Lipinski definition) is 2. The summed E-state index contributed by atoms with van der Waals surface area (Å²) in [6.45, 7) is 0.914. The highest BCUT2D eigenvalue weighted by Crippen LogP contribution is 2.30. The number of carbonyl (C=O) groups excluding carboxylic acids is 1. The van der Waals surface area contributed by atoms with Crippen LogP contribution in [0.4, 0.5) is 0 Å². The van der Waals surface area contributed by atoms with Crippen molar-refractivity contribution in [1.29, 1.82) is 0 Å². The molecule has 0 spiro atoms. The predicted octanol–water partition coefficient (Wildman–Crippen LogP) is 7.65. The SMILES string of the molecule is O=C(O)c1ccc(CNC(=O)c2cc(-c3ccccc3)cc3ccn(Cc4ccc(-c5ccccc5)cc4)c23)cc1. The summed E-state index contributed by atoms with van der Waals surface area (Å²) in [5, 5.41) is 13.2. The lowest BCUT2D eigenvalue weighted by Gasteiger charge is -2.14. The summed E-state index contributed by atoms with van der Waals surface area (Å²) >= 11 is 0. The lowest BCUT2D eigenvalue weighted by Crippen LogP contribution is -2.23. The van der Waals surface area contributed by atoms with E-state index >= 15 is 0 Å². The maximum absolute atomic E-state index is 13.7. The monoisotopic (exact) mass is 536 g/mol. The molecule has 0 aliphatic heterocycles. The average molecular weight is 537 g/mol. The van der Waals surface area contributed by atoms with Gasteiger partial charge in [-0.1, -0.05) is 97.1 Å². The molecule has 6 aromatic rings. The molecule has 5 heteroatoms. The largest absolute Gasteiger partial charge is 0.478 e. The van der Waals surface area contributed by atoms with E-state index in [9.17, 15) is 9.59 Å². The van der Waals surface area contributed by atoms with E-state index in [0.29, 0.717) is 12.1 Å². The van der Waals surface area contributed by atoms with Crippen molar-refractivity contribution in [2.45, 2.75) is 13.1 Å². The van der Waals surface area contributed by atoms with Crippen molar-refractivity contribution in [2.24, 2.45) is 0 Å². The van der Waals surface area contributed by atoms with Crippen LogP contribution in [0, 0.1) is 0 Å². The number of carbonyl (C=O) groups is 2. The highest BCUT2D eigenvalue weighted by atomic mass is 16.4. The van der Waals surface area contributed by atoms with E-state index < -0.39 is 5.97 Å². The summed E-state index contributed by atoms with van der Waals surface area (Å²) in [4.78, 5) is 24.9. The van der Waals surface area contributed by atoms with Gasteiger partial charge in [0.2, 0.25) is 0 Å². The third-order valence-electron chi connectivity index (χ3n) is 7.28. The van der Waals surface area contributed by atoms with Crippen LogP contribution in [0.2, 0.25) is 0 Å². The maximum atomic E-state index is 13.7. The van der Waals surface area contributed by atoms with Gasteiger partial charge < -0.3 is 15.0 Å². The van der Waals surface area contributed by atoms with Gasteiger partial charge in [0.1, 0.15) is 0 Å². The molecule has 0 bridgehead atoms. The minimum Gasteiger partial charge on any atom is -0.478 e. The summed E-state index contributed by atoms with van der Waals surface area (Å²) in [5.41, 5.74) is 7.99. The van der Waals surface area contributed by atoms with E-state index in [1.807, 2.05) is 60.8 Å². The summed E-state index contributed by atoms with van der Waals surface area (Å²) in [6.07, 6.45) is 2.03. The van der Waals surface area contributed by atoms with Crippen LogP contribution in [0.25, 0.3) is 33.2 Å². The third kappa shape index (κ3) is 5.65. The number of aromatic nitrogens is 1. The highest BCUT2D eigenvalue weighted by Gasteiger charge is 2.17. The number of rotatable bonds is 8. The van der Waals surface area contributed by atoms with Gasteiger partial charge in [-0.05, 0) is 63.7 Å². The van der Waals surface area contributed by atoms with Crippen LogP contribution in [-0.4, -0.2) is 21.6 Å². The number of amides is 1. The molecule has 1 amide bonds. The fraction of sp³-hybridized carbons (Fsp3) is 0.0556. The van der Waals surface area contributed by atoms with E-state index in [-0.39, 0.29) is 18.0 Å². The standard InChI is InChI=1S/C36H28N2O3/c39-35(37-23-25-11-17-30(18-12-25)36(40)41)33-22-32(28-9-5-2-6-10-28)21-31-19-20-38(34(31)33)24-26-13-15-29(16-14-26)27-7-3-1-4-8-27/h1-22H,23-24H2,(H,37,39)(H,40,41). The van der Waals surface area contributed by atoms with Crippen LogP contribution >= 0.6 is 0 Å². The second-order valence-electron chi connectivity index (χ2n) is 10.0. The van der Waals surface area contributed by atoms with Gasteiger partial charge in [-0.2, -0.15) is 0 Å². The fourth-order valence-corrected chi connectivity index (χ4v) is 5.12. The zero-order valence-corrected chi connectivity index (χ0v) is 22.3. The van der Waals surface area contributed by atoms with Crippen molar-refractivity contribution >= 4 is 22.8 Å². The number of fused-ring (bicyclic) bond motifs is 1. The van der Waals surface area contributed by atoms with Crippen LogP contribution in [0.15, 0.2) is 134 Å². The number of nitrogens with zero attached hydrogens (tertiary/aromatic N) is 1. The molecule has 0 fully saturated rings. The number of nitrogens with one attached hydrogen (secondary N) is 1. The fourth-order valence-electron chi connectivity index (χ4n) is 5.12. The molecular weight excluding hydrogens is 508 g/mol. The minimum atomic E-state index is -0.976. The van der Waals surface area contributed by atoms with E-state index in [4.69, 9.17) is 5.11 Å². The molecule has 5 aromatic carbocycles. The molecule has 0 saturated carbocycles. The van der Waals surface area contributed by atoms with Crippen molar-refractivity contribution in [3.8, 4) is 22.3 Å². The molecule has 1 aromatic heterocycles. The highest BCUT2D eigenvalue weighted by molar-refractivity contribution is 6.08. The maximum Gasteiger partial charge on any atom is 0.335 e. The lowest BCUT2D eigenvalue weighted by molar-refractivity contribution is 0.0696. The van der Waals surface area contributed by atoms with Crippen LogP contribution in [0.3, 0.4) is 0 Å². The Morgan fingerprint density at radius 1 is 0.634 bits per heavy atom. The van der Waals surface area contributed by atoms with Gasteiger partial charge in [-0.3, -0.25) is 4.79 Å². The van der Waals surface area contributed by atoms with E-state index in [1.165, 1.54) is 5.56 Å². The molecule has 6 rings (SSSR count). The Kier molecular flexibility index (Phi) is 7.16. The first kappa shape index (κ1) is 25.8. The Labute approximate surface area is 238 Å². The molecule has 0 saturated heterocycles. The Balaban J connectivity index is 1.32. The molecule has 5 nitrogen and oxygen atoms in total. The molecule has 0 radical (unpaired) electrons. The molecule has 200 valence electrons. The normalized spacial score (nSPS) is 10.9. The topological polar surface area (TPSA) is 71.3 Å². The second-order valence-corrected chi connectivity index (χ2v) is 10.0. The van der Waals surface area contributed by atoms with Gasteiger partial charge in [0, 0.05) is 24.7 Å². The van der Waals surface area contributed by atoms with Gasteiger partial charge in [0.25, 0.3) is 5.91 Å². The quantitative estimate of drug-likeness (QED) is 0.210. The first-order chi connectivity index (χ1) is 20.0. The molecule has 0 aliphatic carbocycles. The molecule has 0 atom stereocenters. The van der Waals surface area contributed by atoms with Crippen LogP contribution in [0.5, 0.6) is 0 Å². The van der Waals surface area contributed by atoms with Crippen molar-refractivity contribution in [2.75, 3.05) is 0 Å². The van der Waals surface area contributed by atoms with E-state index in [1.54, 1.807) is 24.3 Å². The van der Waals surface area contributed by atoms with Crippen molar-refractivity contribution in [3.63, 3.8) is 0 Å². The first-order valence-corrected chi connectivity index (χ1v) is 13.5. The van der Waals surface area contributed by atoms with E-state index in [2.05, 4.69) is 58.4 Å². The smallest absolute Gasteiger partial charge is 0.335 e. The Hall–Kier alpha value is -5.42. The van der Waals surface area contributed by atoms with E-state index in [0.717, 1.165) is 38.7 Å². The molecule has 0 aliphatic rings. The van der Waals surface area contributed by atoms with Crippen molar-refractivity contribution < 1.29 is 14.7 Å². The summed E-state index contributed by atoms with van der Waals surface area (Å²) in [6, 6.07) is 41.5. The number of carboxylic acid groups (broad SMARTS) is 1. The van der Waals surface area contributed by atoms with Gasteiger partial charge in [-0.15, -0.1) is 0 Å². The first-order valence-electron chi connectivity index (χ1n) is 13.5. The Morgan fingerprint density at radius 2 is 1.22 bits per heavy atom. The van der Waals surface area contributed by atoms with Crippen LogP contribution in [-0.2, 0) is 13.1 Å². The van der Waals surface area contributed by atoms with Gasteiger partial charge in [0.15, 0.2) is 0 Å². The van der Waals surface area contributed by atoms with Crippen LogP contribution in [0.1, 0.15) is 31.8 Å². The number of carboxylic acids is 1. The van der Waals surface area contributed by atoms with Crippen molar-refractivity contribution in [1.82, 2.24) is 9.88 Å². The Morgan fingerprint density at radius 3 is 1.85 bits per heavy atom. The third-order valence-corrected chi connectivity index (χ3v) is 7.28. The molecule has 2 N–H and O–H groups in total. The molecule has 1 heterocycles. The Bertz CT molecular complexity index is 1820. The summed E-state index contributed by atoms with van der Waals surface area (Å²) < 4.78 is 2.12. The van der Waals surface area contributed by atoms with Crippen molar-refractivity contribution in [3.05, 3.63) is 156 Å². The zero-order chi connectivity index (χ0) is 28.2. The van der Waals surface area contributed by atoms with Crippen LogP contribution < -0.4 is 5.32 Å². The van der Waals surface area contributed by atoms with Gasteiger partial charge >= 0.3 is 5.97 Å². The predicted molar refractivity (Wildman–Crippen MR) is 163 cm³/mol. The number of hydrogen-bond donors (Lipinski definition) is 2. The summed E-state index contributed by atoms with van der Waals surface area (Å²) in [7, 11) is 0.